The number of carbonyl (C=O) groups excluding carboxylic acids is 3. The summed E-state index contributed by atoms with van der Waals surface area (Å²) in [4.78, 5) is 38.9. The zero-order valence-electron chi connectivity index (χ0n) is 16.8. The van der Waals surface area contributed by atoms with Gasteiger partial charge in [-0.05, 0) is 48.2 Å². The van der Waals surface area contributed by atoms with Crippen LogP contribution >= 0.6 is 23.5 Å². The van der Waals surface area contributed by atoms with Gasteiger partial charge < -0.3 is 10.1 Å². The largest absolute Gasteiger partial charge is 0.497 e. The number of methoxy groups -OCH3 is 1. The van der Waals surface area contributed by atoms with E-state index in [1.807, 2.05) is 24.3 Å². The Morgan fingerprint density at radius 1 is 1.19 bits per heavy atom. The molecule has 3 amide bonds. The molecular formula is C22H21FN2O4S2. The van der Waals surface area contributed by atoms with E-state index in [1.54, 1.807) is 31.0 Å². The number of imide groups is 1. The van der Waals surface area contributed by atoms with Gasteiger partial charge in [0.15, 0.2) is 0 Å². The Morgan fingerprint density at radius 2 is 1.94 bits per heavy atom. The van der Waals surface area contributed by atoms with Crippen molar-refractivity contribution < 1.29 is 23.5 Å². The van der Waals surface area contributed by atoms with Crippen LogP contribution in [0.15, 0.2) is 58.3 Å². The van der Waals surface area contributed by atoms with Gasteiger partial charge in [0.25, 0.3) is 11.1 Å². The summed E-state index contributed by atoms with van der Waals surface area (Å²) in [7, 11) is 1.61. The third kappa shape index (κ3) is 6.35. The minimum Gasteiger partial charge on any atom is -0.497 e. The second-order valence-corrected chi connectivity index (χ2v) is 8.64. The van der Waals surface area contributed by atoms with Crippen LogP contribution in [0.4, 0.5) is 9.18 Å². The van der Waals surface area contributed by atoms with Crippen molar-refractivity contribution in [3.05, 3.63) is 64.8 Å². The van der Waals surface area contributed by atoms with Crippen LogP contribution in [-0.4, -0.2) is 47.9 Å². The molecule has 1 aliphatic heterocycles. The number of amides is 3. The minimum atomic E-state index is -0.484. The van der Waals surface area contributed by atoms with Crippen molar-refractivity contribution >= 4 is 46.7 Å². The molecule has 6 nitrogen and oxygen atoms in total. The highest BCUT2D eigenvalue weighted by Gasteiger charge is 2.34. The summed E-state index contributed by atoms with van der Waals surface area (Å²) in [6.07, 6.45) is 1.68. The zero-order valence-corrected chi connectivity index (χ0v) is 18.4. The number of nitrogens with zero attached hydrogens (tertiary/aromatic N) is 1. The number of rotatable bonds is 9. The van der Waals surface area contributed by atoms with Crippen LogP contribution in [0.25, 0.3) is 6.08 Å². The van der Waals surface area contributed by atoms with E-state index in [4.69, 9.17) is 4.74 Å². The van der Waals surface area contributed by atoms with Gasteiger partial charge in [-0.1, -0.05) is 18.2 Å². The van der Waals surface area contributed by atoms with E-state index in [-0.39, 0.29) is 29.5 Å². The number of carbonyl (C=O) groups is 3. The van der Waals surface area contributed by atoms with Crippen LogP contribution in [0.2, 0.25) is 0 Å². The number of nitrogens with one attached hydrogen (secondary N) is 1. The summed E-state index contributed by atoms with van der Waals surface area (Å²) in [6.45, 7) is 0.230. The SMILES string of the molecule is COc1ccc(SCCC(=O)NCCN2C(=O)S/C(=C\c3ccccc3F)C2=O)cc1. The highest BCUT2D eigenvalue weighted by molar-refractivity contribution is 8.18. The normalized spacial score (nSPS) is 14.9. The summed E-state index contributed by atoms with van der Waals surface area (Å²) in [6, 6.07) is 13.6. The molecule has 1 fully saturated rings. The Balaban J connectivity index is 1.42. The van der Waals surface area contributed by atoms with Gasteiger partial charge in [0.2, 0.25) is 5.91 Å². The fourth-order valence-electron chi connectivity index (χ4n) is 2.76. The highest BCUT2D eigenvalue weighted by atomic mass is 32.2. The number of benzene rings is 2. The molecule has 0 aliphatic carbocycles. The number of hydrogen-bond acceptors (Lipinski definition) is 6. The van der Waals surface area contributed by atoms with Crippen molar-refractivity contribution in [2.45, 2.75) is 11.3 Å². The number of thioether (sulfide) groups is 2. The lowest BCUT2D eigenvalue weighted by molar-refractivity contribution is -0.124. The minimum absolute atomic E-state index is 0.0661. The molecule has 0 bridgehead atoms. The maximum Gasteiger partial charge on any atom is 0.293 e. The van der Waals surface area contributed by atoms with Gasteiger partial charge in [-0.2, -0.15) is 0 Å². The fraction of sp³-hybridized carbons (Fsp3) is 0.227. The number of halogens is 1. The molecule has 0 unspecified atom stereocenters. The first-order chi connectivity index (χ1) is 15.0. The topological polar surface area (TPSA) is 75.7 Å². The van der Waals surface area contributed by atoms with E-state index in [0.717, 1.165) is 27.3 Å². The van der Waals surface area contributed by atoms with Crippen molar-refractivity contribution in [2.24, 2.45) is 0 Å². The molecule has 1 heterocycles. The van der Waals surface area contributed by atoms with Crippen molar-refractivity contribution in [3.63, 3.8) is 0 Å². The zero-order chi connectivity index (χ0) is 22.2. The standard InChI is InChI=1S/C22H21FN2O4S2/c1-29-16-6-8-17(9-7-16)30-13-10-20(26)24-11-12-25-21(27)19(31-22(25)28)14-15-4-2-3-5-18(15)23/h2-9,14H,10-13H2,1H3,(H,24,26)/b19-14-. The predicted molar refractivity (Wildman–Crippen MR) is 120 cm³/mol. The molecule has 0 spiro atoms. The Morgan fingerprint density at radius 3 is 2.65 bits per heavy atom. The van der Waals surface area contributed by atoms with Gasteiger partial charge in [-0.3, -0.25) is 19.3 Å². The van der Waals surface area contributed by atoms with Gasteiger partial charge in [0, 0.05) is 35.7 Å². The summed E-state index contributed by atoms with van der Waals surface area (Å²) in [5.41, 5.74) is 0.246. The third-order valence-electron chi connectivity index (χ3n) is 4.38. The molecule has 1 aliphatic rings. The van der Waals surface area contributed by atoms with E-state index in [2.05, 4.69) is 5.32 Å². The van der Waals surface area contributed by atoms with E-state index in [9.17, 15) is 18.8 Å². The van der Waals surface area contributed by atoms with Crippen LogP contribution < -0.4 is 10.1 Å². The Kier molecular flexibility index (Phi) is 8.13. The molecule has 9 heteroatoms. The van der Waals surface area contributed by atoms with Gasteiger partial charge in [0.1, 0.15) is 11.6 Å². The van der Waals surface area contributed by atoms with E-state index < -0.39 is 17.0 Å². The first-order valence-corrected chi connectivity index (χ1v) is 11.3. The quantitative estimate of drug-likeness (QED) is 0.447. The molecule has 0 radical (unpaired) electrons. The Hall–Kier alpha value is -2.78. The summed E-state index contributed by atoms with van der Waals surface area (Å²) >= 11 is 2.32. The molecule has 2 aromatic rings. The number of hydrogen-bond donors (Lipinski definition) is 1. The van der Waals surface area contributed by atoms with Gasteiger partial charge in [-0.15, -0.1) is 11.8 Å². The van der Waals surface area contributed by atoms with Gasteiger partial charge in [-0.25, -0.2) is 4.39 Å². The average molecular weight is 461 g/mol. The summed E-state index contributed by atoms with van der Waals surface area (Å²) in [5, 5.41) is 2.29. The molecule has 31 heavy (non-hydrogen) atoms. The molecular weight excluding hydrogens is 439 g/mol. The first-order valence-electron chi connectivity index (χ1n) is 9.51. The molecule has 3 rings (SSSR count). The third-order valence-corrected chi connectivity index (χ3v) is 6.30. The Labute approximate surface area is 188 Å². The number of ether oxygens (including phenoxy) is 1. The molecule has 1 N–H and O–H groups in total. The maximum absolute atomic E-state index is 13.8. The van der Waals surface area contributed by atoms with Crippen LogP contribution in [0.5, 0.6) is 5.75 Å². The molecule has 0 saturated carbocycles. The lowest BCUT2D eigenvalue weighted by Crippen LogP contribution is -2.37. The summed E-state index contributed by atoms with van der Waals surface area (Å²) in [5.74, 6) is 0.273. The van der Waals surface area contributed by atoms with E-state index >= 15 is 0 Å². The smallest absolute Gasteiger partial charge is 0.293 e. The van der Waals surface area contributed by atoms with E-state index in [1.165, 1.54) is 18.2 Å². The van der Waals surface area contributed by atoms with Crippen molar-refractivity contribution in [2.75, 3.05) is 26.0 Å². The van der Waals surface area contributed by atoms with Crippen molar-refractivity contribution in [1.29, 1.82) is 0 Å². The molecule has 0 atom stereocenters. The second-order valence-electron chi connectivity index (χ2n) is 6.48. The maximum atomic E-state index is 13.8. The Bertz CT molecular complexity index is 995. The first kappa shape index (κ1) is 22.9. The molecule has 162 valence electrons. The summed E-state index contributed by atoms with van der Waals surface area (Å²) < 4.78 is 18.9. The molecule has 0 aromatic heterocycles. The highest BCUT2D eigenvalue weighted by Crippen LogP contribution is 2.32. The van der Waals surface area contributed by atoms with Gasteiger partial charge in [0.05, 0.1) is 12.0 Å². The second kappa shape index (κ2) is 11.0. The molecule has 1 saturated heterocycles. The van der Waals surface area contributed by atoms with Crippen LogP contribution in [0.3, 0.4) is 0 Å². The van der Waals surface area contributed by atoms with Crippen LogP contribution in [0, 0.1) is 5.82 Å². The predicted octanol–water partition coefficient (Wildman–Crippen LogP) is 4.17. The van der Waals surface area contributed by atoms with E-state index in [0.29, 0.717) is 12.2 Å². The van der Waals surface area contributed by atoms with Crippen LogP contribution in [0.1, 0.15) is 12.0 Å². The van der Waals surface area contributed by atoms with Gasteiger partial charge >= 0.3 is 0 Å². The molecule has 2 aromatic carbocycles. The van der Waals surface area contributed by atoms with Crippen molar-refractivity contribution in [3.8, 4) is 5.75 Å². The van der Waals surface area contributed by atoms with Crippen LogP contribution in [-0.2, 0) is 9.59 Å². The monoisotopic (exact) mass is 460 g/mol. The fourth-order valence-corrected chi connectivity index (χ4v) is 4.46. The van der Waals surface area contributed by atoms with Crippen molar-refractivity contribution in [1.82, 2.24) is 10.2 Å². The lowest BCUT2D eigenvalue weighted by atomic mass is 10.2. The average Bonchev–Trinajstić information content (AvgIpc) is 3.03. The lowest BCUT2D eigenvalue weighted by Gasteiger charge is -2.13.